The number of hydrogen-bond acceptors (Lipinski definition) is 4. The number of benzene rings is 1. The number of hydrogen-bond donors (Lipinski definition) is 2. The second kappa shape index (κ2) is 9.90. The molecule has 0 saturated heterocycles. The normalized spacial score (nSPS) is 10.6. The molecule has 0 unspecified atom stereocenters. The van der Waals surface area contributed by atoms with Gasteiger partial charge in [0.25, 0.3) is 5.56 Å². The molecule has 3 rings (SSSR count). The van der Waals surface area contributed by atoms with Gasteiger partial charge in [0.15, 0.2) is 0 Å². The molecule has 0 radical (unpaired) electrons. The van der Waals surface area contributed by atoms with Gasteiger partial charge < -0.3 is 9.88 Å². The van der Waals surface area contributed by atoms with Gasteiger partial charge in [0.05, 0.1) is 5.69 Å². The Balaban J connectivity index is 1.50. The molecule has 0 atom stereocenters. The lowest BCUT2D eigenvalue weighted by molar-refractivity contribution is -0.129. The summed E-state index contributed by atoms with van der Waals surface area (Å²) in [6, 6.07) is 14.0. The van der Waals surface area contributed by atoms with Crippen LogP contribution in [-0.4, -0.2) is 39.6 Å². The van der Waals surface area contributed by atoms with E-state index in [1.165, 1.54) is 0 Å². The molecule has 0 spiro atoms. The summed E-state index contributed by atoms with van der Waals surface area (Å²) in [5.41, 5.74) is 5.02. The first-order valence-electron chi connectivity index (χ1n) is 10.4. The summed E-state index contributed by atoms with van der Waals surface area (Å²) in [5.74, 6) is 0.0399. The molecular formula is C24H27N5O2. The van der Waals surface area contributed by atoms with E-state index in [0.717, 1.165) is 35.4 Å². The molecular weight excluding hydrogens is 390 g/mol. The number of aromatic nitrogens is 3. The molecule has 2 aromatic heterocycles. The number of aryl methyl sites for hydroxylation is 2. The van der Waals surface area contributed by atoms with Crippen molar-refractivity contribution in [3.63, 3.8) is 0 Å². The first kappa shape index (κ1) is 22.0. The summed E-state index contributed by atoms with van der Waals surface area (Å²) < 4.78 is 0. The molecule has 0 bridgehead atoms. The molecule has 0 aliphatic rings. The first-order chi connectivity index (χ1) is 14.9. The second-order valence-electron chi connectivity index (χ2n) is 7.73. The second-order valence-corrected chi connectivity index (χ2v) is 7.73. The van der Waals surface area contributed by atoms with Crippen LogP contribution in [0.25, 0.3) is 11.3 Å². The number of nitrogens with zero attached hydrogens (tertiary/aromatic N) is 3. The summed E-state index contributed by atoms with van der Waals surface area (Å²) in [6.07, 6.45) is 2.46. The SMILES string of the molecule is Cc1[nH]c(=O)c(C#N)c(C)c1CCC(=O)N(C)CCCc1cc(-c2ccccc2)n[nH]1. The van der Waals surface area contributed by atoms with E-state index < -0.39 is 0 Å². The Morgan fingerprint density at radius 2 is 1.94 bits per heavy atom. The van der Waals surface area contributed by atoms with Crippen LogP contribution in [0.2, 0.25) is 0 Å². The standard InChI is InChI=1S/C24H27N5O2/c1-16-20(17(2)26-24(31)21(16)15-25)11-12-23(30)29(3)13-7-10-19-14-22(28-27-19)18-8-5-4-6-9-18/h4-6,8-9,14H,7,10-13H2,1-3H3,(H,26,31)(H,27,28). The lowest BCUT2D eigenvalue weighted by Gasteiger charge is -2.18. The van der Waals surface area contributed by atoms with Crippen LogP contribution in [0, 0.1) is 25.2 Å². The Labute approximate surface area is 181 Å². The van der Waals surface area contributed by atoms with Crippen molar-refractivity contribution in [1.29, 1.82) is 5.26 Å². The van der Waals surface area contributed by atoms with Crippen molar-refractivity contribution in [3.8, 4) is 17.3 Å². The zero-order valence-corrected chi connectivity index (χ0v) is 18.2. The maximum absolute atomic E-state index is 12.6. The molecule has 0 fully saturated rings. The fourth-order valence-corrected chi connectivity index (χ4v) is 3.72. The molecule has 0 aliphatic carbocycles. The summed E-state index contributed by atoms with van der Waals surface area (Å²) in [7, 11) is 1.80. The molecule has 3 aromatic rings. The van der Waals surface area contributed by atoms with Crippen LogP contribution in [0.5, 0.6) is 0 Å². The smallest absolute Gasteiger partial charge is 0.266 e. The molecule has 0 aliphatic heterocycles. The summed E-state index contributed by atoms with van der Waals surface area (Å²) in [5, 5.41) is 16.6. The largest absolute Gasteiger partial charge is 0.346 e. The number of H-pyrrole nitrogens is 2. The van der Waals surface area contributed by atoms with Crippen LogP contribution >= 0.6 is 0 Å². The van der Waals surface area contributed by atoms with Gasteiger partial charge in [0.2, 0.25) is 5.91 Å². The van der Waals surface area contributed by atoms with Crippen molar-refractivity contribution in [2.75, 3.05) is 13.6 Å². The molecule has 31 heavy (non-hydrogen) atoms. The summed E-state index contributed by atoms with van der Waals surface area (Å²) in [6.45, 7) is 4.21. The van der Waals surface area contributed by atoms with Crippen molar-refractivity contribution in [1.82, 2.24) is 20.1 Å². The maximum atomic E-state index is 12.6. The van der Waals surface area contributed by atoms with Crippen LogP contribution in [-0.2, 0) is 17.6 Å². The lowest BCUT2D eigenvalue weighted by atomic mass is 9.99. The van der Waals surface area contributed by atoms with Crippen LogP contribution < -0.4 is 5.56 Å². The van der Waals surface area contributed by atoms with E-state index in [1.54, 1.807) is 25.8 Å². The molecule has 0 saturated carbocycles. The van der Waals surface area contributed by atoms with Crippen LogP contribution in [0.3, 0.4) is 0 Å². The Kier molecular flexibility index (Phi) is 7.03. The molecule has 7 heteroatoms. The number of rotatable bonds is 8. The molecule has 2 heterocycles. The predicted octanol–water partition coefficient (Wildman–Crippen LogP) is 3.28. The number of pyridine rings is 1. The van der Waals surface area contributed by atoms with Gasteiger partial charge >= 0.3 is 0 Å². The molecule has 1 amide bonds. The highest BCUT2D eigenvalue weighted by Gasteiger charge is 2.15. The van der Waals surface area contributed by atoms with Gasteiger partial charge in [-0.05, 0) is 50.3 Å². The van der Waals surface area contributed by atoms with Crippen LogP contribution in [0.4, 0.5) is 0 Å². The molecule has 7 nitrogen and oxygen atoms in total. The number of aromatic amines is 2. The highest BCUT2D eigenvalue weighted by atomic mass is 16.2. The van der Waals surface area contributed by atoms with E-state index in [2.05, 4.69) is 15.2 Å². The van der Waals surface area contributed by atoms with Gasteiger partial charge in [-0.1, -0.05) is 30.3 Å². The number of carbonyl (C=O) groups is 1. The quantitative estimate of drug-likeness (QED) is 0.587. The third kappa shape index (κ3) is 5.28. The van der Waals surface area contributed by atoms with E-state index in [0.29, 0.717) is 30.6 Å². The third-order valence-corrected chi connectivity index (χ3v) is 5.57. The monoisotopic (exact) mass is 417 g/mol. The maximum Gasteiger partial charge on any atom is 0.266 e. The number of amides is 1. The van der Waals surface area contributed by atoms with Gasteiger partial charge in [-0.15, -0.1) is 0 Å². The highest BCUT2D eigenvalue weighted by molar-refractivity contribution is 5.76. The Morgan fingerprint density at radius 3 is 2.65 bits per heavy atom. The lowest BCUT2D eigenvalue weighted by Crippen LogP contribution is -2.28. The van der Waals surface area contributed by atoms with Crippen molar-refractivity contribution in [2.45, 2.75) is 39.5 Å². The average Bonchev–Trinajstić information content (AvgIpc) is 3.23. The summed E-state index contributed by atoms with van der Waals surface area (Å²) >= 11 is 0. The third-order valence-electron chi connectivity index (χ3n) is 5.57. The number of carbonyl (C=O) groups excluding carboxylic acids is 1. The average molecular weight is 418 g/mol. The molecule has 1 aromatic carbocycles. The number of nitriles is 1. The Bertz CT molecular complexity index is 1150. The molecule has 160 valence electrons. The zero-order chi connectivity index (χ0) is 22.4. The zero-order valence-electron chi connectivity index (χ0n) is 18.2. The van der Waals surface area contributed by atoms with Gasteiger partial charge in [0, 0.05) is 37.0 Å². The van der Waals surface area contributed by atoms with Crippen LogP contribution in [0.1, 0.15) is 40.9 Å². The van der Waals surface area contributed by atoms with Crippen molar-refractivity contribution < 1.29 is 4.79 Å². The minimum Gasteiger partial charge on any atom is -0.346 e. The van der Waals surface area contributed by atoms with E-state index in [-0.39, 0.29) is 17.0 Å². The van der Waals surface area contributed by atoms with E-state index in [9.17, 15) is 14.9 Å². The minimum atomic E-state index is -0.376. The Morgan fingerprint density at radius 1 is 1.19 bits per heavy atom. The van der Waals surface area contributed by atoms with Gasteiger partial charge in [0.1, 0.15) is 11.6 Å². The molecule has 2 N–H and O–H groups in total. The van der Waals surface area contributed by atoms with E-state index in [1.807, 2.05) is 42.5 Å². The van der Waals surface area contributed by atoms with Crippen molar-refractivity contribution in [2.24, 2.45) is 0 Å². The predicted molar refractivity (Wildman–Crippen MR) is 120 cm³/mol. The van der Waals surface area contributed by atoms with Gasteiger partial charge in [-0.25, -0.2) is 0 Å². The highest BCUT2D eigenvalue weighted by Crippen LogP contribution is 2.18. The first-order valence-corrected chi connectivity index (χ1v) is 10.4. The minimum absolute atomic E-state index is 0.0399. The van der Waals surface area contributed by atoms with Crippen LogP contribution in [0.15, 0.2) is 41.2 Å². The van der Waals surface area contributed by atoms with Gasteiger partial charge in [-0.3, -0.25) is 14.7 Å². The van der Waals surface area contributed by atoms with Crippen molar-refractivity contribution >= 4 is 5.91 Å². The topological polar surface area (TPSA) is 106 Å². The Hall–Kier alpha value is -3.66. The fourth-order valence-electron chi connectivity index (χ4n) is 3.72. The van der Waals surface area contributed by atoms with E-state index >= 15 is 0 Å². The fraction of sp³-hybridized carbons (Fsp3) is 0.333. The summed E-state index contributed by atoms with van der Waals surface area (Å²) in [4.78, 5) is 28.8. The van der Waals surface area contributed by atoms with E-state index in [4.69, 9.17) is 0 Å². The van der Waals surface area contributed by atoms with Gasteiger partial charge in [-0.2, -0.15) is 10.4 Å². The number of nitrogens with one attached hydrogen (secondary N) is 2. The van der Waals surface area contributed by atoms with Crippen molar-refractivity contribution in [3.05, 3.63) is 74.8 Å².